The zero-order valence-electron chi connectivity index (χ0n) is 14.4. The molecule has 0 atom stereocenters. The SMILES string of the molecule is O=C(O)c1csc(CCNC(=O)N2CCN(Cc3ccccc3)CC2)n1. The number of carbonyl (C=O) groups excluding carboxylic acids is 1. The predicted molar refractivity (Wildman–Crippen MR) is 99.5 cm³/mol. The lowest BCUT2D eigenvalue weighted by Gasteiger charge is -2.34. The molecule has 2 amide bonds. The summed E-state index contributed by atoms with van der Waals surface area (Å²) in [7, 11) is 0. The first-order valence-corrected chi connectivity index (χ1v) is 9.46. The van der Waals surface area contributed by atoms with Crippen molar-refractivity contribution in [3.05, 3.63) is 52.0 Å². The maximum atomic E-state index is 12.3. The number of aromatic carboxylic acids is 1. The summed E-state index contributed by atoms with van der Waals surface area (Å²) >= 11 is 1.30. The summed E-state index contributed by atoms with van der Waals surface area (Å²) in [6.07, 6.45) is 0.539. The van der Waals surface area contributed by atoms with Crippen molar-refractivity contribution in [3.8, 4) is 0 Å². The molecule has 3 rings (SSSR count). The number of nitrogens with one attached hydrogen (secondary N) is 1. The second-order valence-electron chi connectivity index (χ2n) is 6.16. The number of rotatable bonds is 6. The highest BCUT2D eigenvalue weighted by Gasteiger charge is 2.20. The Kier molecular flexibility index (Phi) is 6.19. The molecule has 1 aliphatic rings. The van der Waals surface area contributed by atoms with Crippen molar-refractivity contribution in [2.24, 2.45) is 0 Å². The number of benzene rings is 1. The molecule has 26 heavy (non-hydrogen) atoms. The zero-order chi connectivity index (χ0) is 18.4. The fourth-order valence-electron chi connectivity index (χ4n) is 2.86. The van der Waals surface area contributed by atoms with Gasteiger partial charge in [-0.3, -0.25) is 4.90 Å². The van der Waals surface area contributed by atoms with E-state index in [1.54, 1.807) is 0 Å². The van der Waals surface area contributed by atoms with Crippen LogP contribution >= 0.6 is 11.3 Å². The van der Waals surface area contributed by atoms with Crippen LogP contribution in [-0.2, 0) is 13.0 Å². The van der Waals surface area contributed by atoms with Gasteiger partial charge in [-0.25, -0.2) is 14.6 Å². The monoisotopic (exact) mass is 374 g/mol. The summed E-state index contributed by atoms with van der Waals surface area (Å²) in [5, 5.41) is 14.0. The minimum Gasteiger partial charge on any atom is -0.476 e. The molecule has 1 aromatic carbocycles. The number of urea groups is 1. The Bertz CT molecular complexity index is 742. The van der Waals surface area contributed by atoms with Crippen LogP contribution in [0.4, 0.5) is 4.79 Å². The molecule has 0 spiro atoms. The topological polar surface area (TPSA) is 85.8 Å². The molecular formula is C18H22N4O3S. The van der Waals surface area contributed by atoms with E-state index in [2.05, 4.69) is 27.3 Å². The minimum absolute atomic E-state index is 0.0610. The Morgan fingerprint density at radius 1 is 1.15 bits per heavy atom. The highest BCUT2D eigenvalue weighted by molar-refractivity contribution is 7.09. The van der Waals surface area contributed by atoms with Gasteiger partial charge in [0.25, 0.3) is 0 Å². The summed E-state index contributed by atoms with van der Waals surface area (Å²) in [5.41, 5.74) is 1.35. The van der Waals surface area contributed by atoms with Gasteiger partial charge in [-0.2, -0.15) is 0 Å². The zero-order valence-corrected chi connectivity index (χ0v) is 15.2. The first-order valence-electron chi connectivity index (χ1n) is 8.58. The summed E-state index contributed by atoms with van der Waals surface area (Å²) in [6.45, 7) is 4.49. The molecule has 1 aromatic heterocycles. The standard InChI is InChI=1S/C18H22N4O3S/c23-17(24)15-13-26-16(20-15)6-7-19-18(25)22-10-8-21(9-11-22)12-14-4-2-1-3-5-14/h1-5,13H,6-12H2,(H,19,25)(H,23,24). The van der Waals surface area contributed by atoms with Crippen molar-refractivity contribution in [1.82, 2.24) is 20.1 Å². The van der Waals surface area contributed by atoms with E-state index in [1.807, 2.05) is 23.1 Å². The second-order valence-corrected chi connectivity index (χ2v) is 7.11. The quantitative estimate of drug-likeness (QED) is 0.807. The van der Waals surface area contributed by atoms with E-state index >= 15 is 0 Å². The largest absolute Gasteiger partial charge is 0.476 e. The van der Waals surface area contributed by atoms with Gasteiger partial charge in [-0.15, -0.1) is 11.3 Å². The molecule has 1 saturated heterocycles. The van der Waals surface area contributed by atoms with Gasteiger partial charge in [-0.1, -0.05) is 30.3 Å². The molecule has 0 radical (unpaired) electrons. The maximum absolute atomic E-state index is 12.3. The van der Waals surface area contributed by atoms with E-state index in [0.29, 0.717) is 26.1 Å². The average Bonchev–Trinajstić information content (AvgIpc) is 3.12. The molecule has 0 aliphatic carbocycles. The normalized spacial score (nSPS) is 15.0. The van der Waals surface area contributed by atoms with Gasteiger partial charge in [0.05, 0.1) is 5.01 Å². The molecule has 138 valence electrons. The number of carboxylic acids is 1. The number of carboxylic acid groups (broad SMARTS) is 1. The molecule has 0 unspecified atom stereocenters. The van der Waals surface area contributed by atoms with Crippen LogP contribution in [0.3, 0.4) is 0 Å². The Hall–Kier alpha value is -2.45. The number of amides is 2. The van der Waals surface area contributed by atoms with Gasteiger partial charge >= 0.3 is 12.0 Å². The highest BCUT2D eigenvalue weighted by Crippen LogP contribution is 2.11. The van der Waals surface area contributed by atoms with Crippen molar-refractivity contribution in [2.75, 3.05) is 32.7 Å². The van der Waals surface area contributed by atoms with Crippen LogP contribution in [0.25, 0.3) is 0 Å². The van der Waals surface area contributed by atoms with Crippen molar-refractivity contribution in [2.45, 2.75) is 13.0 Å². The molecule has 7 nitrogen and oxygen atoms in total. The van der Waals surface area contributed by atoms with E-state index in [9.17, 15) is 9.59 Å². The van der Waals surface area contributed by atoms with Crippen LogP contribution in [0.2, 0.25) is 0 Å². The maximum Gasteiger partial charge on any atom is 0.355 e. The summed E-state index contributed by atoms with van der Waals surface area (Å²) in [6, 6.07) is 10.3. The van der Waals surface area contributed by atoms with Gasteiger partial charge in [0, 0.05) is 51.1 Å². The lowest BCUT2D eigenvalue weighted by molar-refractivity contribution is 0.0691. The van der Waals surface area contributed by atoms with Crippen molar-refractivity contribution in [1.29, 1.82) is 0 Å². The minimum atomic E-state index is -1.02. The van der Waals surface area contributed by atoms with Gasteiger partial charge in [0.2, 0.25) is 0 Å². The smallest absolute Gasteiger partial charge is 0.355 e. The first kappa shape index (κ1) is 18.3. The molecule has 2 heterocycles. The van der Waals surface area contributed by atoms with Crippen LogP contribution in [0.5, 0.6) is 0 Å². The van der Waals surface area contributed by atoms with Crippen LogP contribution in [0.15, 0.2) is 35.7 Å². The number of carbonyl (C=O) groups is 2. The molecule has 2 N–H and O–H groups in total. The molecule has 0 saturated carbocycles. The first-order chi connectivity index (χ1) is 12.6. The molecule has 0 bridgehead atoms. The van der Waals surface area contributed by atoms with Crippen LogP contribution in [0.1, 0.15) is 21.1 Å². The fraction of sp³-hybridized carbons (Fsp3) is 0.389. The van der Waals surface area contributed by atoms with Gasteiger partial charge in [0.1, 0.15) is 0 Å². The van der Waals surface area contributed by atoms with E-state index in [-0.39, 0.29) is 11.7 Å². The Morgan fingerprint density at radius 2 is 1.88 bits per heavy atom. The highest BCUT2D eigenvalue weighted by atomic mass is 32.1. The van der Waals surface area contributed by atoms with Crippen LogP contribution < -0.4 is 5.32 Å². The Balaban J connectivity index is 1.37. The number of hydrogen-bond donors (Lipinski definition) is 2. The number of aromatic nitrogens is 1. The third-order valence-corrected chi connectivity index (χ3v) is 5.20. The van der Waals surface area contributed by atoms with Crippen molar-refractivity contribution >= 4 is 23.3 Å². The third kappa shape index (κ3) is 5.03. The lowest BCUT2D eigenvalue weighted by Crippen LogP contribution is -2.51. The molecule has 8 heteroatoms. The van der Waals surface area contributed by atoms with E-state index in [4.69, 9.17) is 5.11 Å². The molecule has 2 aromatic rings. The number of piperazine rings is 1. The number of nitrogens with zero attached hydrogens (tertiary/aromatic N) is 3. The number of hydrogen-bond acceptors (Lipinski definition) is 5. The van der Waals surface area contributed by atoms with E-state index in [0.717, 1.165) is 24.6 Å². The van der Waals surface area contributed by atoms with Crippen LogP contribution in [-0.4, -0.2) is 64.6 Å². The molecule has 1 fully saturated rings. The molecular weight excluding hydrogens is 352 g/mol. The van der Waals surface area contributed by atoms with E-state index in [1.165, 1.54) is 22.3 Å². The van der Waals surface area contributed by atoms with Gasteiger partial charge in [-0.05, 0) is 5.56 Å². The summed E-state index contributed by atoms with van der Waals surface area (Å²) < 4.78 is 0. The predicted octanol–water partition coefficient (Wildman–Crippen LogP) is 1.91. The summed E-state index contributed by atoms with van der Waals surface area (Å²) in [4.78, 5) is 31.3. The van der Waals surface area contributed by atoms with Crippen LogP contribution in [0, 0.1) is 0 Å². The number of thiazole rings is 1. The Morgan fingerprint density at radius 3 is 2.54 bits per heavy atom. The fourth-order valence-corrected chi connectivity index (χ4v) is 3.63. The Labute approximate surface area is 156 Å². The van der Waals surface area contributed by atoms with E-state index < -0.39 is 5.97 Å². The average molecular weight is 374 g/mol. The van der Waals surface area contributed by atoms with Gasteiger partial charge in [0.15, 0.2) is 5.69 Å². The lowest BCUT2D eigenvalue weighted by atomic mass is 10.2. The third-order valence-electron chi connectivity index (χ3n) is 4.29. The van der Waals surface area contributed by atoms with Crippen molar-refractivity contribution < 1.29 is 14.7 Å². The van der Waals surface area contributed by atoms with Gasteiger partial charge < -0.3 is 15.3 Å². The van der Waals surface area contributed by atoms with Crippen molar-refractivity contribution in [3.63, 3.8) is 0 Å². The molecule has 1 aliphatic heterocycles. The summed E-state index contributed by atoms with van der Waals surface area (Å²) in [5.74, 6) is -1.02. The second kappa shape index (κ2) is 8.77.